The second kappa shape index (κ2) is 4.60. The van der Waals surface area contributed by atoms with Crippen LogP contribution in [0.5, 0.6) is 0 Å². The maximum Gasteiger partial charge on any atom is 0.0473 e. The van der Waals surface area contributed by atoms with Crippen molar-refractivity contribution in [1.29, 1.82) is 0 Å². The Kier molecular flexibility index (Phi) is 3.36. The lowest BCUT2D eigenvalue weighted by atomic mass is 10.1. The minimum Gasteiger partial charge on any atom is -0.357 e. The Morgan fingerprint density at radius 2 is 2.06 bits per heavy atom. The Hall–Kier alpha value is -0.800. The van der Waals surface area contributed by atoms with Crippen LogP contribution in [0.3, 0.4) is 0 Å². The molecular formula is C13H17BrN2. The predicted octanol–water partition coefficient (Wildman–Crippen LogP) is 3.31. The molecule has 1 aromatic heterocycles. The fourth-order valence-electron chi connectivity index (χ4n) is 2.15. The van der Waals surface area contributed by atoms with Gasteiger partial charge in [0, 0.05) is 34.0 Å². The van der Waals surface area contributed by atoms with E-state index in [4.69, 9.17) is 0 Å². The van der Waals surface area contributed by atoms with E-state index in [1.54, 1.807) is 0 Å². The van der Waals surface area contributed by atoms with E-state index in [9.17, 15) is 0 Å². The van der Waals surface area contributed by atoms with Crippen LogP contribution >= 0.6 is 15.9 Å². The number of aromatic amines is 1. The van der Waals surface area contributed by atoms with Crippen molar-refractivity contribution in [3.63, 3.8) is 0 Å². The first-order valence-electron chi connectivity index (χ1n) is 5.55. The van der Waals surface area contributed by atoms with Gasteiger partial charge in [0.1, 0.15) is 0 Å². The number of rotatable bonds is 3. The Bertz CT molecular complexity index is 514. The average Bonchev–Trinajstić information content (AvgIpc) is 2.52. The molecule has 0 amide bonds. The van der Waals surface area contributed by atoms with Crippen LogP contribution in [0, 0.1) is 13.8 Å². The van der Waals surface area contributed by atoms with Gasteiger partial charge in [0.25, 0.3) is 0 Å². The van der Waals surface area contributed by atoms with Gasteiger partial charge >= 0.3 is 0 Å². The smallest absolute Gasteiger partial charge is 0.0473 e. The van der Waals surface area contributed by atoms with Crippen LogP contribution in [-0.2, 0) is 6.42 Å². The highest BCUT2D eigenvalue weighted by Crippen LogP contribution is 2.31. The molecular weight excluding hydrogens is 264 g/mol. The molecule has 1 aromatic carbocycles. The number of aryl methyl sites for hydroxylation is 2. The fraction of sp³-hybridized carbons (Fsp3) is 0.385. The number of hydrogen-bond acceptors (Lipinski definition) is 1. The van der Waals surface area contributed by atoms with Crippen molar-refractivity contribution in [2.45, 2.75) is 20.3 Å². The molecule has 2 rings (SSSR count). The summed E-state index contributed by atoms with van der Waals surface area (Å²) >= 11 is 3.70. The standard InChI is InChI=1S/C13H17BrN2/c1-8-6-9(2)12-11(7-8)16-10(13(12)14)4-5-15-3/h6-7,15-16H,4-5H2,1-3H3. The largest absolute Gasteiger partial charge is 0.357 e. The van der Waals surface area contributed by atoms with Gasteiger partial charge in [-0.2, -0.15) is 0 Å². The minimum absolute atomic E-state index is 0.990. The first-order chi connectivity index (χ1) is 7.63. The van der Waals surface area contributed by atoms with Crippen LogP contribution in [0.4, 0.5) is 0 Å². The van der Waals surface area contributed by atoms with Gasteiger partial charge in [0.15, 0.2) is 0 Å². The normalized spacial score (nSPS) is 11.2. The third kappa shape index (κ3) is 2.02. The first kappa shape index (κ1) is 11.7. The summed E-state index contributed by atoms with van der Waals surface area (Å²) in [6.45, 7) is 5.29. The molecule has 0 unspecified atom stereocenters. The monoisotopic (exact) mass is 280 g/mol. The van der Waals surface area contributed by atoms with E-state index < -0.39 is 0 Å². The SMILES string of the molecule is CNCCc1[nH]c2cc(C)cc(C)c2c1Br. The molecule has 0 atom stereocenters. The highest BCUT2D eigenvalue weighted by Gasteiger charge is 2.10. The molecule has 16 heavy (non-hydrogen) atoms. The zero-order chi connectivity index (χ0) is 11.7. The molecule has 2 N–H and O–H groups in total. The van der Waals surface area contributed by atoms with E-state index >= 15 is 0 Å². The molecule has 0 aliphatic heterocycles. The molecule has 0 aliphatic rings. The van der Waals surface area contributed by atoms with Crippen LogP contribution in [0.1, 0.15) is 16.8 Å². The van der Waals surface area contributed by atoms with Gasteiger partial charge in [-0.05, 0) is 54.0 Å². The third-order valence-corrected chi connectivity index (χ3v) is 3.75. The number of nitrogens with one attached hydrogen (secondary N) is 2. The lowest BCUT2D eigenvalue weighted by Gasteiger charge is -1.99. The van der Waals surface area contributed by atoms with Gasteiger partial charge in [0.2, 0.25) is 0 Å². The molecule has 0 fully saturated rings. The molecule has 86 valence electrons. The van der Waals surface area contributed by atoms with Crippen LogP contribution in [0.15, 0.2) is 16.6 Å². The number of halogens is 1. The Labute approximate surface area is 105 Å². The van der Waals surface area contributed by atoms with Crippen LogP contribution in [-0.4, -0.2) is 18.6 Å². The number of aromatic nitrogens is 1. The second-order valence-electron chi connectivity index (χ2n) is 4.28. The van der Waals surface area contributed by atoms with Crippen molar-refractivity contribution in [3.05, 3.63) is 33.4 Å². The summed E-state index contributed by atoms with van der Waals surface area (Å²) in [5, 5.41) is 4.49. The summed E-state index contributed by atoms with van der Waals surface area (Å²) in [5.74, 6) is 0. The topological polar surface area (TPSA) is 27.8 Å². The number of fused-ring (bicyclic) bond motifs is 1. The Morgan fingerprint density at radius 1 is 1.31 bits per heavy atom. The van der Waals surface area contributed by atoms with E-state index in [0.717, 1.165) is 13.0 Å². The zero-order valence-corrected chi connectivity index (χ0v) is 11.5. The summed E-state index contributed by atoms with van der Waals surface area (Å²) in [4.78, 5) is 3.49. The molecule has 0 saturated carbocycles. The number of benzene rings is 1. The lowest BCUT2D eigenvalue weighted by Crippen LogP contribution is -2.10. The Morgan fingerprint density at radius 3 is 2.75 bits per heavy atom. The molecule has 0 radical (unpaired) electrons. The summed E-state index contributed by atoms with van der Waals surface area (Å²) in [5.41, 5.74) is 5.14. The average molecular weight is 281 g/mol. The maximum absolute atomic E-state index is 3.70. The molecule has 2 aromatic rings. The van der Waals surface area contributed by atoms with Gasteiger partial charge in [-0.1, -0.05) is 6.07 Å². The zero-order valence-electron chi connectivity index (χ0n) is 9.95. The molecule has 3 heteroatoms. The van der Waals surface area contributed by atoms with E-state index in [1.807, 2.05) is 7.05 Å². The predicted molar refractivity (Wildman–Crippen MR) is 73.1 cm³/mol. The van der Waals surface area contributed by atoms with E-state index in [-0.39, 0.29) is 0 Å². The quantitative estimate of drug-likeness (QED) is 0.887. The molecule has 1 heterocycles. The van der Waals surface area contributed by atoms with Crippen molar-refractivity contribution >= 4 is 26.8 Å². The summed E-state index contributed by atoms with van der Waals surface area (Å²) in [6.07, 6.45) is 1.02. The summed E-state index contributed by atoms with van der Waals surface area (Å²) < 4.78 is 1.22. The number of H-pyrrole nitrogens is 1. The van der Waals surface area contributed by atoms with E-state index in [1.165, 1.54) is 32.2 Å². The van der Waals surface area contributed by atoms with Gasteiger partial charge < -0.3 is 10.3 Å². The molecule has 0 spiro atoms. The number of likely N-dealkylation sites (N-methyl/N-ethyl adjacent to an activating group) is 1. The van der Waals surface area contributed by atoms with Crippen LogP contribution < -0.4 is 5.32 Å². The highest BCUT2D eigenvalue weighted by atomic mass is 79.9. The lowest BCUT2D eigenvalue weighted by molar-refractivity contribution is 0.779. The molecule has 0 aliphatic carbocycles. The molecule has 0 saturated heterocycles. The van der Waals surface area contributed by atoms with Crippen LogP contribution in [0.25, 0.3) is 10.9 Å². The first-order valence-corrected chi connectivity index (χ1v) is 6.34. The Balaban J connectivity index is 2.54. The second-order valence-corrected chi connectivity index (χ2v) is 5.07. The third-order valence-electron chi connectivity index (χ3n) is 2.87. The van der Waals surface area contributed by atoms with Gasteiger partial charge in [-0.25, -0.2) is 0 Å². The summed E-state index contributed by atoms with van der Waals surface area (Å²) in [6, 6.07) is 4.43. The van der Waals surface area contributed by atoms with Crippen molar-refractivity contribution in [2.24, 2.45) is 0 Å². The van der Waals surface area contributed by atoms with Crippen molar-refractivity contribution in [3.8, 4) is 0 Å². The maximum atomic E-state index is 3.70. The van der Waals surface area contributed by atoms with Gasteiger partial charge in [0.05, 0.1) is 0 Å². The molecule has 0 bridgehead atoms. The van der Waals surface area contributed by atoms with Crippen molar-refractivity contribution < 1.29 is 0 Å². The van der Waals surface area contributed by atoms with Crippen LogP contribution in [0.2, 0.25) is 0 Å². The fourth-order valence-corrected chi connectivity index (χ4v) is 2.97. The molecule has 2 nitrogen and oxygen atoms in total. The summed E-state index contributed by atoms with van der Waals surface area (Å²) in [7, 11) is 1.98. The van der Waals surface area contributed by atoms with Crippen molar-refractivity contribution in [2.75, 3.05) is 13.6 Å². The number of hydrogen-bond donors (Lipinski definition) is 2. The van der Waals surface area contributed by atoms with E-state index in [0.29, 0.717) is 0 Å². The van der Waals surface area contributed by atoms with Gasteiger partial charge in [-0.15, -0.1) is 0 Å². The highest BCUT2D eigenvalue weighted by molar-refractivity contribution is 9.10. The van der Waals surface area contributed by atoms with E-state index in [2.05, 4.69) is 52.2 Å². The van der Waals surface area contributed by atoms with Gasteiger partial charge in [-0.3, -0.25) is 0 Å². The van der Waals surface area contributed by atoms with Crippen molar-refractivity contribution in [1.82, 2.24) is 10.3 Å². The minimum atomic E-state index is 0.990.